The van der Waals surface area contributed by atoms with Crippen LogP contribution in [0.1, 0.15) is 37.7 Å². The van der Waals surface area contributed by atoms with Crippen LogP contribution >= 0.6 is 12.4 Å². The molecule has 0 spiro atoms. The summed E-state index contributed by atoms with van der Waals surface area (Å²) >= 11 is 0. The highest BCUT2D eigenvalue weighted by atomic mass is 35.5. The van der Waals surface area contributed by atoms with Gasteiger partial charge in [-0.1, -0.05) is 12.1 Å². The van der Waals surface area contributed by atoms with Gasteiger partial charge in [-0.25, -0.2) is 0 Å². The molecule has 23 heavy (non-hydrogen) atoms. The molecule has 1 saturated carbocycles. The van der Waals surface area contributed by atoms with Crippen LogP contribution in [0.15, 0.2) is 24.3 Å². The predicted molar refractivity (Wildman–Crippen MR) is 89.8 cm³/mol. The molecule has 6 heteroatoms. The highest BCUT2D eigenvalue weighted by Gasteiger charge is 2.27. The van der Waals surface area contributed by atoms with Crippen LogP contribution in [0.3, 0.4) is 0 Å². The van der Waals surface area contributed by atoms with Crippen molar-refractivity contribution in [3.63, 3.8) is 0 Å². The number of halogens is 1. The van der Waals surface area contributed by atoms with Gasteiger partial charge in [-0.3, -0.25) is 9.59 Å². The van der Waals surface area contributed by atoms with Gasteiger partial charge in [0.15, 0.2) is 0 Å². The molecule has 1 aliphatic rings. The Kier molecular flexibility index (Phi) is 8.06. The molecule has 1 aliphatic carbocycles. The highest BCUT2D eigenvalue weighted by Crippen LogP contribution is 2.29. The number of carboxylic acids is 1. The van der Waals surface area contributed by atoms with E-state index in [1.165, 1.54) is 0 Å². The number of carbonyl (C=O) groups excluding carboxylic acids is 1. The van der Waals surface area contributed by atoms with Crippen LogP contribution in [0.25, 0.3) is 0 Å². The summed E-state index contributed by atoms with van der Waals surface area (Å²) < 4.78 is 5.42. The molecule has 1 aromatic carbocycles. The number of ether oxygens (including phenoxy) is 1. The number of hydrogen-bond acceptors (Lipinski definition) is 4. The average molecular weight is 342 g/mol. The number of hydrogen-bond donors (Lipinski definition) is 2. The minimum atomic E-state index is -0.816. The van der Waals surface area contributed by atoms with Gasteiger partial charge in [0.1, 0.15) is 5.75 Å². The molecule has 0 radical (unpaired) electrons. The zero-order valence-electron chi connectivity index (χ0n) is 13.1. The minimum Gasteiger partial charge on any atom is -0.481 e. The molecule has 0 aromatic heterocycles. The molecule has 1 aromatic rings. The van der Waals surface area contributed by atoms with Gasteiger partial charge in [0, 0.05) is 6.42 Å². The summed E-state index contributed by atoms with van der Waals surface area (Å²) in [6, 6.07) is 7.05. The van der Waals surface area contributed by atoms with E-state index in [0.29, 0.717) is 24.6 Å². The van der Waals surface area contributed by atoms with Crippen LogP contribution in [-0.4, -0.2) is 23.6 Å². The molecule has 0 atom stereocenters. The molecular formula is C17H24ClNO4. The third kappa shape index (κ3) is 6.20. The summed E-state index contributed by atoms with van der Waals surface area (Å²) in [7, 11) is 0. The normalized spacial score (nSPS) is 20.4. The molecule has 1 fully saturated rings. The Bertz CT molecular complexity index is 510. The second kappa shape index (κ2) is 9.53. The molecule has 3 N–H and O–H groups in total. The maximum Gasteiger partial charge on any atom is 0.314 e. The van der Waals surface area contributed by atoms with Crippen LogP contribution in [0.2, 0.25) is 0 Å². The zero-order chi connectivity index (χ0) is 15.9. The number of esters is 1. The van der Waals surface area contributed by atoms with E-state index in [-0.39, 0.29) is 30.7 Å². The maximum absolute atomic E-state index is 12.1. The molecule has 0 aliphatic heterocycles. The SMILES string of the molecule is Cl.NC[C@H]1CC[C@H](C(=O)Oc2ccc(CCC(=O)O)cc2)CC1. The smallest absolute Gasteiger partial charge is 0.314 e. The lowest BCUT2D eigenvalue weighted by atomic mass is 9.82. The van der Waals surface area contributed by atoms with Crippen molar-refractivity contribution in [2.24, 2.45) is 17.6 Å². The van der Waals surface area contributed by atoms with Crippen molar-refractivity contribution in [2.45, 2.75) is 38.5 Å². The first-order chi connectivity index (χ1) is 10.6. The summed E-state index contributed by atoms with van der Waals surface area (Å²) in [5.41, 5.74) is 6.57. The Balaban J connectivity index is 0.00000264. The van der Waals surface area contributed by atoms with Crippen LogP contribution in [0.5, 0.6) is 5.75 Å². The van der Waals surface area contributed by atoms with Gasteiger partial charge in [-0.05, 0) is 62.3 Å². The van der Waals surface area contributed by atoms with Gasteiger partial charge >= 0.3 is 11.9 Å². The first-order valence-electron chi connectivity index (χ1n) is 7.81. The van der Waals surface area contributed by atoms with Crippen molar-refractivity contribution in [3.8, 4) is 5.75 Å². The van der Waals surface area contributed by atoms with E-state index in [9.17, 15) is 9.59 Å². The Morgan fingerprint density at radius 2 is 1.74 bits per heavy atom. The number of nitrogens with two attached hydrogens (primary N) is 1. The lowest BCUT2D eigenvalue weighted by molar-refractivity contribution is -0.140. The van der Waals surface area contributed by atoms with Crippen LogP contribution in [0, 0.1) is 11.8 Å². The summed E-state index contributed by atoms with van der Waals surface area (Å²) in [4.78, 5) is 22.7. The first kappa shape index (κ1) is 19.5. The molecule has 0 unspecified atom stereocenters. The van der Waals surface area contributed by atoms with Crippen LogP contribution in [0.4, 0.5) is 0 Å². The Morgan fingerprint density at radius 3 is 2.26 bits per heavy atom. The van der Waals surface area contributed by atoms with E-state index in [4.69, 9.17) is 15.6 Å². The van der Waals surface area contributed by atoms with Crippen molar-refractivity contribution < 1.29 is 19.4 Å². The molecule has 0 saturated heterocycles. The van der Waals surface area contributed by atoms with Gasteiger partial charge in [0.05, 0.1) is 5.92 Å². The zero-order valence-corrected chi connectivity index (χ0v) is 13.9. The third-order valence-corrected chi connectivity index (χ3v) is 4.28. The Hall–Kier alpha value is -1.59. The molecular weight excluding hydrogens is 318 g/mol. The standard InChI is InChI=1S/C17H23NO4.ClH/c18-11-13-1-6-14(7-2-13)17(21)22-15-8-3-12(4-9-15)5-10-16(19)20;/h3-4,8-9,13-14H,1-2,5-7,10-11,18H2,(H,19,20);1H/t13-,14-;. The van der Waals surface area contributed by atoms with Crippen molar-refractivity contribution in [1.29, 1.82) is 0 Å². The largest absolute Gasteiger partial charge is 0.481 e. The molecule has 0 heterocycles. The number of benzene rings is 1. The molecule has 0 bridgehead atoms. The van der Waals surface area contributed by atoms with E-state index in [1.807, 2.05) is 0 Å². The number of carboxylic acid groups (broad SMARTS) is 1. The summed E-state index contributed by atoms with van der Waals surface area (Å²) in [5.74, 6) is 0.0365. The third-order valence-electron chi connectivity index (χ3n) is 4.28. The van der Waals surface area contributed by atoms with Gasteiger partial charge in [0.2, 0.25) is 0 Å². The Morgan fingerprint density at radius 1 is 1.13 bits per heavy atom. The summed E-state index contributed by atoms with van der Waals surface area (Å²) in [5, 5.41) is 8.65. The van der Waals surface area contributed by atoms with Crippen LogP contribution in [-0.2, 0) is 16.0 Å². The summed E-state index contributed by atoms with van der Waals surface area (Å²) in [6.07, 6.45) is 4.25. The van der Waals surface area contributed by atoms with E-state index in [2.05, 4.69) is 0 Å². The summed E-state index contributed by atoms with van der Waals surface area (Å²) in [6.45, 7) is 0.694. The minimum absolute atomic E-state index is 0. The van der Waals surface area contributed by atoms with Crippen molar-refractivity contribution in [1.82, 2.24) is 0 Å². The van der Waals surface area contributed by atoms with Gasteiger partial charge in [0.25, 0.3) is 0 Å². The number of carbonyl (C=O) groups is 2. The van der Waals surface area contributed by atoms with E-state index in [0.717, 1.165) is 31.2 Å². The second-order valence-electron chi connectivity index (χ2n) is 5.91. The number of aliphatic carboxylic acids is 1. The average Bonchev–Trinajstić information content (AvgIpc) is 2.54. The van der Waals surface area contributed by atoms with Crippen molar-refractivity contribution in [3.05, 3.63) is 29.8 Å². The first-order valence-corrected chi connectivity index (χ1v) is 7.81. The molecule has 0 amide bonds. The number of aryl methyl sites for hydroxylation is 1. The topological polar surface area (TPSA) is 89.6 Å². The fourth-order valence-corrected chi connectivity index (χ4v) is 2.81. The Labute approximate surface area is 142 Å². The highest BCUT2D eigenvalue weighted by molar-refractivity contribution is 5.85. The quantitative estimate of drug-likeness (QED) is 0.613. The fourth-order valence-electron chi connectivity index (χ4n) is 2.81. The molecule has 5 nitrogen and oxygen atoms in total. The van der Waals surface area contributed by atoms with Gasteiger partial charge < -0.3 is 15.6 Å². The van der Waals surface area contributed by atoms with Crippen molar-refractivity contribution >= 4 is 24.3 Å². The van der Waals surface area contributed by atoms with Crippen LogP contribution < -0.4 is 10.5 Å². The van der Waals surface area contributed by atoms with E-state index < -0.39 is 5.97 Å². The van der Waals surface area contributed by atoms with Gasteiger partial charge in [-0.15, -0.1) is 12.4 Å². The van der Waals surface area contributed by atoms with Crippen molar-refractivity contribution in [2.75, 3.05) is 6.54 Å². The lowest BCUT2D eigenvalue weighted by Gasteiger charge is -2.26. The van der Waals surface area contributed by atoms with E-state index >= 15 is 0 Å². The lowest BCUT2D eigenvalue weighted by Crippen LogP contribution is -2.28. The second-order valence-corrected chi connectivity index (χ2v) is 5.91. The fraction of sp³-hybridized carbons (Fsp3) is 0.529. The predicted octanol–water partition coefficient (Wildman–Crippen LogP) is 2.80. The van der Waals surface area contributed by atoms with E-state index in [1.54, 1.807) is 24.3 Å². The van der Waals surface area contributed by atoms with Gasteiger partial charge in [-0.2, -0.15) is 0 Å². The molecule has 2 rings (SSSR count). The number of rotatable bonds is 6. The molecule has 128 valence electrons. The monoisotopic (exact) mass is 341 g/mol. The maximum atomic E-state index is 12.1.